The fraction of sp³-hybridized carbons (Fsp3) is 0.577. The molecular formula is C26H39IN7O15P3. The topological polar surface area (TPSA) is 333 Å². The minimum absolute atomic E-state index is 0.0149. The Hall–Kier alpha value is -2.55. The van der Waals surface area contributed by atoms with E-state index in [1.807, 2.05) is 22.6 Å². The summed E-state index contributed by atoms with van der Waals surface area (Å²) in [6.07, 6.45) is 2.29. The van der Waals surface area contributed by atoms with Crippen molar-refractivity contribution in [3.05, 3.63) is 18.1 Å². The molecule has 3 amide bonds. The number of ether oxygens (including phenoxy) is 1. The number of fused-ring (bicyclic) bond motifs is 1. The summed E-state index contributed by atoms with van der Waals surface area (Å²) in [5.74, 6) is 5.37. The van der Waals surface area contributed by atoms with Crippen molar-refractivity contribution in [3.63, 3.8) is 0 Å². The number of rotatable bonds is 20. The van der Waals surface area contributed by atoms with Crippen LogP contribution in [0.1, 0.15) is 56.7 Å². The highest BCUT2D eigenvalue weighted by atomic mass is 127. The Kier molecular flexibility index (Phi) is 17.1. The van der Waals surface area contributed by atoms with Crippen molar-refractivity contribution in [2.75, 3.05) is 36.4 Å². The normalized spacial score (nSPS) is 19.6. The van der Waals surface area contributed by atoms with Crippen LogP contribution in [0.5, 0.6) is 0 Å². The number of nitrogens with zero attached hydrogens (tertiary/aromatic N) is 3. The Morgan fingerprint density at radius 2 is 1.63 bits per heavy atom. The van der Waals surface area contributed by atoms with Crippen LogP contribution in [0, 0.1) is 11.8 Å². The van der Waals surface area contributed by atoms with Crippen molar-refractivity contribution < 1.29 is 70.6 Å². The molecule has 0 saturated carbocycles. The predicted octanol–water partition coefficient (Wildman–Crippen LogP) is 0.481. The van der Waals surface area contributed by atoms with Crippen LogP contribution in [0.2, 0.25) is 0 Å². The summed E-state index contributed by atoms with van der Waals surface area (Å²) in [5, 5.41) is 19.1. The van der Waals surface area contributed by atoms with Crippen molar-refractivity contribution in [1.82, 2.24) is 30.5 Å². The van der Waals surface area contributed by atoms with E-state index in [9.17, 15) is 43.0 Å². The fourth-order valence-electron chi connectivity index (χ4n) is 4.73. The Bertz CT molecular complexity index is 1780. The Balaban J connectivity index is 1.48. The number of aromatic nitrogens is 3. The molecule has 2 aromatic heterocycles. The Morgan fingerprint density at radius 3 is 2.35 bits per heavy atom. The van der Waals surface area contributed by atoms with Gasteiger partial charge in [0, 0.05) is 38.5 Å². The fourth-order valence-corrected chi connectivity index (χ4v) is 8.03. The Morgan fingerprint density at radius 1 is 0.962 bits per heavy atom. The van der Waals surface area contributed by atoms with E-state index < -0.39 is 48.5 Å². The molecule has 290 valence electrons. The molecule has 0 radical (unpaired) electrons. The number of phosphoric ester groups is 1. The number of nitrogens with one attached hydrogen (secondary N) is 3. The third-order valence-corrected chi connectivity index (χ3v) is 11.5. The van der Waals surface area contributed by atoms with Gasteiger partial charge in [-0.3, -0.25) is 18.9 Å². The summed E-state index contributed by atoms with van der Waals surface area (Å²) < 4.78 is 54.0. The first-order chi connectivity index (χ1) is 24.4. The Labute approximate surface area is 310 Å². The van der Waals surface area contributed by atoms with Crippen LogP contribution in [0.25, 0.3) is 11.0 Å². The number of hydrogen-bond acceptors (Lipinski definition) is 14. The van der Waals surface area contributed by atoms with Gasteiger partial charge in [-0.15, -0.1) is 0 Å². The van der Waals surface area contributed by atoms with Gasteiger partial charge in [-0.1, -0.05) is 40.9 Å². The van der Waals surface area contributed by atoms with Gasteiger partial charge in [-0.05, 0) is 19.3 Å². The van der Waals surface area contributed by atoms with E-state index in [1.165, 1.54) is 17.1 Å². The number of amides is 3. The predicted molar refractivity (Wildman–Crippen MR) is 189 cm³/mol. The van der Waals surface area contributed by atoms with E-state index in [2.05, 4.69) is 50.9 Å². The summed E-state index contributed by atoms with van der Waals surface area (Å²) in [4.78, 5) is 80.0. The number of alkyl halides is 1. The van der Waals surface area contributed by atoms with Gasteiger partial charge in [0.15, 0.2) is 0 Å². The lowest BCUT2D eigenvalue weighted by Crippen LogP contribution is -2.27. The minimum Gasteiger partial charge on any atom is -0.390 e. The van der Waals surface area contributed by atoms with Crippen LogP contribution < -0.4 is 21.7 Å². The number of nitrogen functional groups attached to an aromatic ring is 1. The lowest BCUT2D eigenvalue weighted by Gasteiger charge is -2.19. The van der Waals surface area contributed by atoms with E-state index in [-0.39, 0.29) is 48.6 Å². The standard InChI is InChI=1S/C26H39IN7O15P3/c27-13-22(38)31-9-3-1-2-7-20(36)30-11-5-8-21(37)29-10-4-6-17-14-34(26-24(17)25(28)32-16-33-26)23-12-18(35)19(47-23)15-46-51(42,43)49-52(44,45)48-50(39,40)41/h14,16,18-19,23,35H,1-3,5,7-13,15H2,(H,29,37)(H,30,36)(H,31,38)(H,42,43)(H,44,45)(H2,28,32,33)(H2,39,40,41)/t18?,19-,23-/m1/s1. The second-order valence-corrected chi connectivity index (χ2v) is 16.2. The summed E-state index contributed by atoms with van der Waals surface area (Å²) in [7, 11) is -16.8. The molecule has 0 spiro atoms. The molecule has 52 heavy (non-hydrogen) atoms. The average Bonchev–Trinajstić information content (AvgIpc) is 3.60. The summed E-state index contributed by atoms with van der Waals surface area (Å²) in [6.45, 7) is 0.0284. The molecule has 0 bridgehead atoms. The number of carbonyl (C=O) groups is 3. The lowest BCUT2D eigenvalue weighted by atomic mass is 10.2. The lowest BCUT2D eigenvalue weighted by molar-refractivity contribution is -0.122. The second kappa shape index (κ2) is 20.2. The highest BCUT2D eigenvalue weighted by molar-refractivity contribution is 14.1. The molecule has 3 heterocycles. The summed E-state index contributed by atoms with van der Waals surface area (Å²) in [5.41, 5.74) is 6.69. The average molecular weight is 909 g/mol. The number of carbonyl (C=O) groups excluding carboxylic acids is 3. The molecule has 2 aromatic rings. The first-order valence-electron chi connectivity index (χ1n) is 15.5. The second-order valence-electron chi connectivity index (χ2n) is 11.1. The van der Waals surface area contributed by atoms with Crippen LogP contribution in [0.15, 0.2) is 12.5 Å². The first-order valence-corrected chi connectivity index (χ1v) is 21.5. The van der Waals surface area contributed by atoms with Gasteiger partial charge in [-0.25, -0.2) is 23.7 Å². The molecule has 3 rings (SSSR count). The molecule has 5 atom stereocenters. The number of aliphatic hydroxyl groups excluding tert-OH is 1. The van der Waals surface area contributed by atoms with Crippen molar-refractivity contribution in [1.29, 1.82) is 0 Å². The first kappa shape index (κ1) is 43.9. The van der Waals surface area contributed by atoms with Gasteiger partial charge >= 0.3 is 23.5 Å². The molecule has 26 heteroatoms. The van der Waals surface area contributed by atoms with Gasteiger partial charge in [0.25, 0.3) is 0 Å². The number of halogens is 1. The highest BCUT2D eigenvalue weighted by Gasteiger charge is 2.43. The minimum atomic E-state index is -5.73. The maximum Gasteiger partial charge on any atom is 0.490 e. The van der Waals surface area contributed by atoms with Crippen molar-refractivity contribution in [2.45, 2.75) is 63.4 Å². The zero-order valence-corrected chi connectivity index (χ0v) is 32.2. The van der Waals surface area contributed by atoms with Crippen LogP contribution in [-0.4, -0.2) is 99.8 Å². The van der Waals surface area contributed by atoms with Gasteiger partial charge in [0.2, 0.25) is 17.7 Å². The third-order valence-electron chi connectivity index (χ3n) is 6.99. The molecule has 3 unspecified atom stereocenters. The number of aliphatic hydroxyl groups is 1. The molecule has 22 nitrogen and oxygen atoms in total. The molecule has 1 fully saturated rings. The van der Waals surface area contributed by atoms with Gasteiger partial charge in [0.1, 0.15) is 30.1 Å². The van der Waals surface area contributed by atoms with E-state index in [4.69, 9.17) is 20.3 Å². The quantitative estimate of drug-likeness (QED) is 0.0287. The molecule has 0 aromatic carbocycles. The van der Waals surface area contributed by atoms with E-state index >= 15 is 0 Å². The summed E-state index contributed by atoms with van der Waals surface area (Å²) >= 11 is 1.99. The zero-order valence-electron chi connectivity index (χ0n) is 27.3. The number of anilines is 1. The maximum atomic E-state index is 12.3. The summed E-state index contributed by atoms with van der Waals surface area (Å²) in [6, 6.07) is 0. The third kappa shape index (κ3) is 15.1. The van der Waals surface area contributed by atoms with Crippen LogP contribution in [-0.2, 0) is 46.0 Å². The molecule has 10 N–H and O–H groups in total. The smallest absolute Gasteiger partial charge is 0.390 e. The van der Waals surface area contributed by atoms with E-state index in [0.717, 1.165) is 12.8 Å². The van der Waals surface area contributed by atoms with Crippen molar-refractivity contribution in [2.24, 2.45) is 0 Å². The van der Waals surface area contributed by atoms with E-state index in [0.29, 0.717) is 47.7 Å². The highest BCUT2D eigenvalue weighted by Crippen LogP contribution is 2.66. The van der Waals surface area contributed by atoms with Gasteiger partial charge < -0.3 is 55.7 Å². The molecule has 1 saturated heterocycles. The zero-order chi connectivity index (χ0) is 38.5. The SMILES string of the molecule is Nc1ncnc2c1c(C#CCNC(=O)CCCNC(=O)CCCCCNC(=O)CI)cn2[C@H]1CC(O)[C@@H](COP(=O)(O)OP(=O)(O)OP(=O)(O)O)O1. The molecule has 0 aliphatic carbocycles. The van der Waals surface area contributed by atoms with Crippen molar-refractivity contribution in [3.8, 4) is 11.8 Å². The number of hydrogen-bond donors (Lipinski definition) is 9. The molecule has 1 aliphatic heterocycles. The molecule has 1 aliphatic rings. The number of phosphoric acid groups is 3. The number of nitrogens with two attached hydrogens (primary N) is 1. The van der Waals surface area contributed by atoms with E-state index in [1.54, 1.807) is 0 Å². The largest absolute Gasteiger partial charge is 0.490 e. The van der Waals surface area contributed by atoms with Crippen LogP contribution in [0.4, 0.5) is 5.82 Å². The van der Waals surface area contributed by atoms with Crippen molar-refractivity contribution >= 4 is 80.6 Å². The van der Waals surface area contributed by atoms with Crippen LogP contribution in [0.3, 0.4) is 0 Å². The number of unbranched alkanes of at least 4 members (excludes halogenated alkanes) is 2. The monoisotopic (exact) mass is 909 g/mol. The maximum absolute atomic E-state index is 12.3. The molecular weight excluding hydrogens is 870 g/mol. The van der Waals surface area contributed by atoms with Gasteiger partial charge in [-0.2, -0.15) is 8.62 Å². The van der Waals surface area contributed by atoms with Gasteiger partial charge in [0.05, 0.1) is 34.6 Å². The van der Waals surface area contributed by atoms with Crippen LogP contribution >= 0.6 is 46.1 Å².